The predicted octanol–water partition coefficient (Wildman–Crippen LogP) is 0.160. The van der Waals surface area contributed by atoms with Crippen molar-refractivity contribution in [3.05, 3.63) is 41.1 Å². The highest BCUT2D eigenvalue weighted by Gasteiger charge is 2.30. The third-order valence-corrected chi connectivity index (χ3v) is 8.07. The summed E-state index contributed by atoms with van der Waals surface area (Å²) in [5.41, 5.74) is 2.30. The molecule has 1 aromatic carbocycles. The Morgan fingerprint density at radius 3 is 2.55 bits per heavy atom. The van der Waals surface area contributed by atoms with E-state index in [2.05, 4.69) is 44.6 Å². The number of aliphatic hydroxyl groups is 1. The molecule has 4 heterocycles. The summed E-state index contributed by atoms with van der Waals surface area (Å²) in [7, 11) is 0. The van der Waals surface area contributed by atoms with E-state index >= 15 is 0 Å². The summed E-state index contributed by atoms with van der Waals surface area (Å²) in [5, 5.41) is 30.1. The number of hydrogen-bond donors (Lipinski definition) is 5. The van der Waals surface area contributed by atoms with Crippen molar-refractivity contribution in [2.75, 3.05) is 56.0 Å². The van der Waals surface area contributed by atoms with Crippen molar-refractivity contribution in [3.63, 3.8) is 0 Å². The first-order chi connectivity index (χ1) is 19.2. The molecule has 0 radical (unpaired) electrons. The monoisotopic (exact) mass is 552 g/mol. The average molecular weight is 553 g/mol. The number of hydrogen-bond acceptors (Lipinski definition) is 10. The molecule has 0 saturated carbocycles. The summed E-state index contributed by atoms with van der Waals surface area (Å²) in [5.74, 6) is 0.920. The van der Waals surface area contributed by atoms with Gasteiger partial charge in [0.2, 0.25) is 11.9 Å². The van der Waals surface area contributed by atoms with Gasteiger partial charge in [0.15, 0.2) is 0 Å². The predicted molar refractivity (Wildman–Crippen MR) is 151 cm³/mol. The Bertz CT molecular complexity index is 1230. The molecule has 216 valence electrons. The zero-order valence-corrected chi connectivity index (χ0v) is 23.4. The molecular formula is C28H40N8O4. The highest BCUT2D eigenvalue weighted by molar-refractivity contribution is 5.93. The number of likely N-dealkylation sites (tertiary alicyclic amines) is 1. The van der Waals surface area contributed by atoms with Gasteiger partial charge in [0, 0.05) is 77.4 Å². The molecule has 5 N–H and O–H groups in total. The second-order valence-electron chi connectivity index (χ2n) is 11.2. The minimum Gasteiger partial charge on any atom is -0.508 e. The SMILES string of the molecule is CC(=O)N1CC(Nc2cc(C(=O)NCC(O)[C@@H]3Cc4ccc(O)cc4CN3)nc(N3CCN(C(C)C)CC3)n2)C1. The van der Waals surface area contributed by atoms with Gasteiger partial charge in [0.1, 0.15) is 17.3 Å². The first kappa shape index (κ1) is 28.1. The van der Waals surface area contributed by atoms with Crippen LogP contribution in [0.25, 0.3) is 0 Å². The van der Waals surface area contributed by atoms with Crippen molar-refractivity contribution in [2.45, 2.75) is 58.0 Å². The van der Waals surface area contributed by atoms with Gasteiger partial charge in [-0.05, 0) is 43.5 Å². The Hall–Kier alpha value is -3.48. The maximum Gasteiger partial charge on any atom is 0.270 e. The van der Waals surface area contributed by atoms with Crippen LogP contribution >= 0.6 is 0 Å². The van der Waals surface area contributed by atoms with Crippen molar-refractivity contribution < 1.29 is 19.8 Å². The van der Waals surface area contributed by atoms with E-state index in [4.69, 9.17) is 4.98 Å². The molecule has 2 atom stereocenters. The topological polar surface area (TPSA) is 146 Å². The van der Waals surface area contributed by atoms with Gasteiger partial charge < -0.3 is 36.0 Å². The summed E-state index contributed by atoms with van der Waals surface area (Å²) in [6.07, 6.45) is -0.208. The Labute approximate surface area is 234 Å². The molecule has 2 fully saturated rings. The number of nitrogens with one attached hydrogen (secondary N) is 3. The molecule has 5 rings (SSSR count). The fraction of sp³-hybridized carbons (Fsp3) is 0.571. The maximum atomic E-state index is 13.2. The van der Waals surface area contributed by atoms with E-state index in [0.29, 0.717) is 43.9 Å². The molecule has 1 unspecified atom stereocenters. The summed E-state index contributed by atoms with van der Waals surface area (Å²) in [6.45, 7) is 11.0. The lowest BCUT2D eigenvalue weighted by molar-refractivity contribution is -0.132. The van der Waals surface area contributed by atoms with Gasteiger partial charge in [-0.1, -0.05) is 6.07 Å². The summed E-state index contributed by atoms with van der Waals surface area (Å²) >= 11 is 0. The number of aliphatic hydroxyl groups excluding tert-OH is 1. The minimum absolute atomic E-state index is 0.0390. The minimum atomic E-state index is -0.804. The van der Waals surface area contributed by atoms with Crippen LogP contribution in [0.1, 0.15) is 42.4 Å². The first-order valence-corrected chi connectivity index (χ1v) is 14.1. The largest absolute Gasteiger partial charge is 0.508 e. The Kier molecular flexibility index (Phi) is 8.38. The van der Waals surface area contributed by atoms with E-state index in [9.17, 15) is 19.8 Å². The summed E-state index contributed by atoms with van der Waals surface area (Å²) in [6, 6.07) is 7.19. The van der Waals surface area contributed by atoms with Crippen LogP contribution in [-0.4, -0.2) is 112 Å². The van der Waals surface area contributed by atoms with E-state index in [-0.39, 0.29) is 41.9 Å². The number of nitrogens with zero attached hydrogens (tertiary/aromatic N) is 5. The average Bonchev–Trinajstić information content (AvgIpc) is 2.92. The number of phenolic OH excluding ortho intramolecular Hbond substituents is 1. The lowest BCUT2D eigenvalue weighted by Crippen LogP contribution is -2.56. The second-order valence-corrected chi connectivity index (χ2v) is 11.2. The molecule has 0 aliphatic carbocycles. The van der Waals surface area contributed by atoms with E-state index in [1.807, 2.05) is 6.07 Å². The number of carbonyl (C=O) groups excluding carboxylic acids is 2. The third-order valence-electron chi connectivity index (χ3n) is 8.07. The third kappa shape index (κ3) is 6.45. The molecule has 3 aliphatic rings. The number of phenols is 1. The molecule has 1 aromatic heterocycles. The van der Waals surface area contributed by atoms with E-state index < -0.39 is 6.10 Å². The molecule has 0 spiro atoms. The lowest BCUT2D eigenvalue weighted by Gasteiger charge is -2.39. The van der Waals surface area contributed by atoms with Crippen LogP contribution in [0.15, 0.2) is 24.3 Å². The van der Waals surface area contributed by atoms with E-state index in [1.54, 1.807) is 30.0 Å². The van der Waals surface area contributed by atoms with Gasteiger partial charge in [-0.3, -0.25) is 14.5 Å². The maximum absolute atomic E-state index is 13.2. The number of fused-ring (bicyclic) bond motifs is 1. The lowest BCUT2D eigenvalue weighted by atomic mass is 9.92. The molecule has 2 aromatic rings. The number of aromatic hydroxyl groups is 1. The molecule has 12 nitrogen and oxygen atoms in total. The number of benzene rings is 1. The van der Waals surface area contributed by atoms with Gasteiger partial charge in [-0.2, -0.15) is 4.98 Å². The highest BCUT2D eigenvalue weighted by Crippen LogP contribution is 2.23. The normalized spacial score (nSPS) is 20.6. The zero-order valence-electron chi connectivity index (χ0n) is 23.4. The van der Waals surface area contributed by atoms with Crippen molar-refractivity contribution in [1.82, 2.24) is 30.4 Å². The number of rotatable bonds is 8. The van der Waals surface area contributed by atoms with Crippen LogP contribution in [0, 0.1) is 0 Å². The Morgan fingerprint density at radius 2 is 1.85 bits per heavy atom. The standard InChI is InChI=1S/C28H40N8O4/c1-17(2)34-6-8-35(9-7-34)28-32-24(12-26(33-28)31-21-15-36(16-21)18(3)37)27(40)30-14-25(39)23-11-19-4-5-22(38)10-20(19)13-29-23/h4-5,10,12,17,21,23,25,29,38-39H,6-9,11,13-16H2,1-3H3,(H,30,40)(H,31,32,33)/t23-,25?/m0/s1. The Balaban J connectivity index is 1.25. The molecule has 3 aliphatic heterocycles. The van der Waals surface area contributed by atoms with Gasteiger partial charge in [0.25, 0.3) is 5.91 Å². The number of amides is 2. The molecule has 40 heavy (non-hydrogen) atoms. The van der Waals surface area contributed by atoms with Crippen molar-refractivity contribution in [1.29, 1.82) is 0 Å². The number of piperazine rings is 1. The van der Waals surface area contributed by atoms with Gasteiger partial charge >= 0.3 is 0 Å². The van der Waals surface area contributed by atoms with Crippen molar-refractivity contribution in [3.8, 4) is 5.75 Å². The van der Waals surface area contributed by atoms with Gasteiger partial charge in [0.05, 0.1) is 12.1 Å². The summed E-state index contributed by atoms with van der Waals surface area (Å²) in [4.78, 5) is 40.4. The highest BCUT2D eigenvalue weighted by atomic mass is 16.3. The van der Waals surface area contributed by atoms with Gasteiger partial charge in [-0.15, -0.1) is 0 Å². The summed E-state index contributed by atoms with van der Waals surface area (Å²) < 4.78 is 0. The van der Waals surface area contributed by atoms with Gasteiger partial charge in [-0.25, -0.2) is 4.98 Å². The quantitative estimate of drug-likeness (QED) is 0.307. The van der Waals surface area contributed by atoms with Crippen molar-refractivity contribution in [2.24, 2.45) is 0 Å². The van der Waals surface area contributed by atoms with Crippen LogP contribution in [0.5, 0.6) is 5.75 Å². The number of carbonyl (C=O) groups is 2. The smallest absolute Gasteiger partial charge is 0.270 e. The molecule has 2 saturated heterocycles. The van der Waals surface area contributed by atoms with Crippen LogP contribution in [0.4, 0.5) is 11.8 Å². The Morgan fingerprint density at radius 1 is 1.10 bits per heavy atom. The molecule has 0 bridgehead atoms. The fourth-order valence-electron chi connectivity index (χ4n) is 5.47. The molecular weight excluding hydrogens is 512 g/mol. The first-order valence-electron chi connectivity index (χ1n) is 14.1. The molecule has 12 heteroatoms. The van der Waals surface area contributed by atoms with Crippen molar-refractivity contribution >= 4 is 23.6 Å². The van der Waals surface area contributed by atoms with Crippen LogP contribution in [-0.2, 0) is 17.8 Å². The molecule has 2 amide bonds. The second kappa shape index (κ2) is 11.9. The fourth-order valence-corrected chi connectivity index (χ4v) is 5.47. The van der Waals surface area contributed by atoms with E-state index in [0.717, 1.165) is 37.3 Å². The van der Waals surface area contributed by atoms with Crippen LogP contribution in [0.2, 0.25) is 0 Å². The van der Waals surface area contributed by atoms with Crippen LogP contribution in [0.3, 0.4) is 0 Å². The zero-order chi connectivity index (χ0) is 28.4. The van der Waals surface area contributed by atoms with E-state index in [1.165, 1.54) is 0 Å². The van der Waals surface area contributed by atoms with Crippen LogP contribution < -0.4 is 20.9 Å². The number of anilines is 2. The number of aromatic nitrogens is 2.